The van der Waals surface area contributed by atoms with Crippen molar-refractivity contribution in [2.75, 3.05) is 5.73 Å². The van der Waals surface area contributed by atoms with E-state index in [2.05, 4.69) is 15.3 Å². The van der Waals surface area contributed by atoms with E-state index < -0.39 is 12.0 Å². The molecule has 1 heterocycles. The molecular formula is C24H27ClN4O4. The molecule has 9 heteroatoms. The van der Waals surface area contributed by atoms with Crippen LogP contribution in [-0.4, -0.2) is 33.0 Å². The number of amides is 1. The van der Waals surface area contributed by atoms with E-state index >= 15 is 0 Å². The van der Waals surface area contributed by atoms with Gasteiger partial charge in [-0.05, 0) is 49.2 Å². The van der Waals surface area contributed by atoms with Gasteiger partial charge in [-0.15, -0.1) is 0 Å². The molecule has 0 fully saturated rings. The number of carbonyl (C=O) groups excluding carboxylic acids is 1. The molecule has 0 saturated carbocycles. The van der Waals surface area contributed by atoms with Crippen molar-refractivity contribution in [1.82, 2.24) is 15.3 Å². The molecule has 0 aliphatic rings. The Hall–Kier alpha value is -3.65. The van der Waals surface area contributed by atoms with Gasteiger partial charge in [0.15, 0.2) is 0 Å². The molecule has 174 valence electrons. The molecule has 3 rings (SSSR count). The summed E-state index contributed by atoms with van der Waals surface area (Å²) in [7, 11) is 0. The Balaban J connectivity index is 0.000000357. The molecular weight excluding hydrogens is 444 g/mol. The number of hydrogen-bond acceptors (Lipinski definition) is 6. The first-order chi connectivity index (χ1) is 15.8. The minimum atomic E-state index is -1.01. The Bertz CT molecular complexity index is 1010. The van der Waals surface area contributed by atoms with Gasteiger partial charge >= 0.3 is 5.97 Å². The third kappa shape index (κ3) is 9.57. The molecule has 0 aliphatic heterocycles. The number of anilines is 1. The molecule has 1 atom stereocenters. The maximum Gasteiger partial charge on any atom is 0.326 e. The highest BCUT2D eigenvalue weighted by Gasteiger charge is 2.18. The number of aliphatic carboxylic acids is 1. The lowest BCUT2D eigenvalue weighted by atomic mass is 10.1. The summed E-state index contributed by atoms with van der Waals surface area (Å²) in [6.07, 6.45) is 1.22. The van der Waals surface area contributed by atoms with Crippen molar-refractivity contribution < 1.29 is 19.4 Å². The molecule has 1 aromatic heterocycles. The maximum atomic E-state index is 12.1. The van der Waals surface area contributed by atoms with Gasteiger partial charge in [-0.1, -0.05) is 55.3 Å². The van der Waals surface area contributed by atoms with E-state index in [1.165, 1.54) is 0 Å². The number of carbonyl (C=O) groups is 2. The first kappa shape index (κ1) is 25.6. The third-order valence-electron chi connectivity index (χ3n) is 4.29. The molecule has 0 aliphatic carbocycles. The third-order valence-corrected chi connectivity index (χ3v) is 4.49. The van der Waals surface area contributed by atoms with Crippen LogP contribution >= 0.6 is 11.6 Å². The Labute approximate surface area is 197 Å². The molecule has 2 aromatic carbocycles. The number of hydrogen-bond donors (Lipinski definition) is 3. The Morgan fingerprint density at radius 3 is 2.39 bits per heavy atom. The fraction of sp³-hybridized carbons (Fsp3) is 0.250. The SMILES string of the molecule is CCCC(NC(=O)Cc1cccc(Oc2ccccc2)c1)C(=O)O.Cc1cc(Cl)nc(N)n1. The number of benzene rings is 2. The van der Waals surface area contributed by atoms with E-state index in [4.69, 9.17) is 27.2 Å². The minimum absolute atomic E-state index is 0.111. The largest absolute Gasteiger partial charge is 0.480 e. The summed E-state index contributed by atoms with van der Waals surface area (Å²) in [6.45, 7) is 3.69. The number of nitrogens with one attached hydrogen (secondary N) is 1. The lowest BCUT2D eigenvalue weighted by molar-refractivity contribution is -0.141. The van der Waals surface area contributed by atoms with Crippen molar-refractivity contribution in [3.8, 4) is 11.5 Å². The summed E-state index contributed by atoms with van der Waals surface area (Å²) in [5.41, 5.74) is 6.80. The lowest BCUT2D eigenvalue weighted by Gasteiger charge is -2.13. The zero-order chi connectivity index (χ0) is 24.2. The first-order valence-electron chi connectivity index (χ1n) is 10.4. The van der Waals surface area contributed by atoms with Crippen molar-refractivity contribution in [1.29, 1.82) is 0 Å². The van der Waals surface area contributed by atoms with Gasteiger partial charge in [0, 0.05) is 5.69 Å². The normalized spacial score (nSPS) is 11.0. The summed E-state index contributed by atoms with van der Waals surface area (Å²) >= 11 is 5.52. The van der Waals surface area contributed by atoms with E-state index in [0.29, 0.717) is 29.5 Å². The van der Waals surface area contributed by atoms with Crippen LogP contribution in [0.2, 0.25) is 5.15 Å². The van der Waals surface area contributed by atoms with Crippen LogP contribution in [-0.2, 0) is 16.0 Å². The monoisotopic (exact) mass is 470 g/mol. The maximum absolute atomic E-state index is 12.1. The van der Waals surface area contributed by atoms with E-state index in [1.54, 1.807) is 12.1 Å². The second-order valence-corrected chi connectivity index (χ2v) is 7.56. The predicted molar refractivity (Wildman–Crippen MR) is 127 cm³/mol. The fourth-order valence-corrected chi connectivity index (χ4v) is 3.12. The number of nitrogen functional groups attached to an aromatic ring is 1. The predicted octanol–water partition coefficient (Wildman–Crippen LogP) is 4.41. The second kappa shape index (κ2) is 13.0. The van der Waals surface area contributed by atoms with E-state index in [9.17, 15) is 9.59 Å². The van der Waals surface area contributed by atoms with E-state index in [0.717, 1.165) is 11.3 Å². The highest BCUT2D eigenvalue weighted by molar-refractivity contribution is 6.29. The van der Waals surface area contributed by atoms with Gasteiger partial charge in [-0.2, -0.15) is 0 Å². The fourth-order valence-electron chi connectivity index (χ4n) is 2.87. The Morgan fingerprint density at radius 2 is 1.79 bits per heavy atom. The Kier molecular flexibility index (Phi) is 10.1. The molecule has 0 radical (unpaired) electrons. The molecule has 1 unspecified atom stereocenters. The number of carboxylic acids is 1. The number of para-hydroxylation sites is 1. The highest BCUT2D eigenvalue weighted by Crippen LogP contribution is 2.22. The van der Waals surface area contributed by atoms with Gasteiger partial charge in [-0.3, -0.25) is 4.79 Å². The zero-order valence-corrected chi connectivity index (χ0v) is 19.2. The van der Waals surface area contributed by atoms with Crippen LogP contribution in [0.25, 0.3) is 0 Å². The number of rotatable bonds is 8. The van der Waals surface area contributed by atoms with Crippen molar-refractivity contribution in [3.63, 3.8) is 0 Å². The molecule has 8 nitrogen and oxygen atoms in total. The van der Waals surface area contributed by atoms with Gasteiger partial charge in [-0.25, -0.2) is 14.8 Å². The number of nitrogens with two attached hydrogens (primary N) is 1. The molecule has 1 amide bonds. The van der Waals surface area contributed by atoms with Crippen molar-refractivity contribution in [2.24, 2.45) is 0 Å². The molecule has 4 N–H and O–H groups in total. The first-order valence-corrected chi connectivity index (χ1v) is 10.7. The van der Waals surface area contributed by atoms with Gasteiger partial charge < -0.3 is 20.9 Å². The molecule has 0 spiro atoms. The molecule has 3 aromatic rings. The van der Waals surface area contributed by atoms with Crippen molar-refractivity contribution in [2.45, 2.75) is 39.2 Å². The minimum Gasteiger partial charge on any atom is -0.480 e. The summed E-state index contributed by atoms with van der Waals surface area (Å²) in [5, 5.41) is 12.0. The number of aryl methyl sites for hydroxylation is 1. The van der Waals surface area contributed by atoms with Crippen LogP contribution in [0.1, 0.15) is 31.0 Å². The standard InChI is InChI=1S/C19H21NO4.C5H6ClN3/c1-2-7-17(19(22)23)20-18(21)13-14-8-6-11-16(12-14)24-15-9-4-3-5-10-15;1-3-2-4(6)9-5(7)8-3/h3-6,8-12,17H,2,7,13H2,1H3,(H,20,21)(H,22,23);2H,1H3,(H2,7,8,9). The average molecular weight is 471 g/mol. The zero-order valence-electron chi connectivity index (χ0n) is 18.5. The number of aromatic nitrogens is 2. The lowest BCUT2D eigenvalue weighted by Crippen LogP contribution is -2.41. The average Bonchev–Trinajstić information content (AvgIpc) is 2.74. The van der Waals surface area contributed by atoms with Gasteiger partial charge in [0.2, 0.25) is 11.9 Å². The van der Waals surface area contributed by atoms with Crippen LogP contribution in [0.3, 0.4) is 0 Å². The second-order valence-electron chi connectivity index (χ2n) is 7.18. The van der Waals surface area contributed by atoms with Crippen LogP contribution in [0.15, 0.2) is 60.7 Å². The van der Waals surface area contributed by atoms with Crippen molar-refractivity contribution >= 4 is 29.4 Å². The van der Waals surface area contributed by atoms with Crippen LogP contribution in [0.5, 0.6) is 11.5 Å². The van der Waals surface area contributed by atoms with Gasteiger partial charge in [0.1, 0.15) is 22.7 Å². The van der Waals surface area contributed by atoms with Crippen LogP contribution in [0.4, 0.5) is 5.95 Å². The smallest absolute Gasteiger partial charge is 0.326 e. The quantitative estimate of drug-likeness (QED) is 0.416. The molecule has 0 saturated heterocycles. The number of halogens is 1. The number of nitrogens with zero attached hydrogens (tertiary/aromatic N) is 2. The molecule has 0 bridgehead atoms. The summed E-state index contributed by atoms with van der Waals surface area (Å²) in [6, 6.07) is 17.4. The van der Waals surface area contributed by atoms with Gasteiger partial charge in [0.25, 0.3) is 0 Å². The summed E-state index contributed by atoms with van der Waals surface area (Å²) in [4.78, 5) is 30.6. The highest BCUT2D eigenvalue weighted by atomic mass is 35.5. The van der Waals surface area contributed by atoms with Crippen molar-refractivity contribution in [3.05, 3.63) is 77.1 Å². The van der Waals surface area contributed by atoms with Gasteiger partial charge in [0.05, 0.1) is 6.42 Å². The van der Waals surface area contributed by atoms with E-state index in [-0.39, 0.29) is 18.3 Å². The summed E-state index contributed by atoms with van der Waals surface area (Å²) < 4.78 is 5.73. The summed E-state index contributed by atoms with van der Waals surface area (Å²) in [5.74, 6) is 0.252. The van der Waals surface area contributed by atoms with Crippen LogP contribution in [0, 0.1) is 6.92 Å². The number of ether oxygens (including phenoxy) is 1. The van der Waals surface area contributed by atoms with Crippen LogP contribution < -0.4 is 15.8 Å². The van der Waals surface area contributed by atoms with E-state index in [1.807, 2.05) is 62.4 Å². The topological polar surface area (TPSA) is 127 Å². The Morgan fingerprint density at radius 1 is 1.09 bits per heavy atom. The number of carboxylic acid groups (broad SMARTS) is 1. The molecule has 33 heavy (non-hydrogen) atoms.